The summed E-state index contributed by atoms with van der Waals surface area (Å²) in [5, 5.41) is 0.834. The van der Waals surface area contributed by atoms with Crippen molar-refractivity contribution >= 4 is 16.8 Å². The quantitative estimate of drug-likeness (QED) is 0.494. The summed E-state index contributed by atoms with van der Waals surface area (Å²) in [6, 6.07) is 22.9. The normalized spacial score (nSPS) is 10.7. The van der Waals surface area contributed by atoms with E-state index in [4.69, 9.17) is 9.72 Å². The maximum absolute atomic E-state index is 13.2. The van der Waals surface area contributed by atoms with Gasteiger partial charge in [-0.2, -0.15) is 0 Å². The number of para-hydroxylation sites is 2. The van der Waals surface area contributed by atoms with Crippen molar-refractivity contribution in [1.29, 1.82) is 0 Å². The van der Waals surface area contributed by atoms with Crippen LogP contribution in [0.2, 0.25) is 0 Å². The van der Waals surface area contributed by atoms with Gasteiger partial charge in [0.25, 0.3) is 5.91 Å². The molecule has 0 bridgehead atoms. The summed E-state index contributed by atoms with van der Waals surface area (Å²) >= 11 is 0. The van der Waals surface area contributed by atoms with Gasteiger partial charge in [0.05, 0.1) is 23.3 Å². The second kappa shape index (κ2) is 8.52. The molecule has 0 aliphatic heterocycles. The number of benzene rings is 2. The fourth-order valence-corrected chi connectivity index (χ4v) is 3.14. The second-order valence-electron chi connectivity index (χ2n) is 6.70. The minimum atomic E-state index is -0.0644. The third-order valence-electron chi connectivity index (χ3n) is 4.69. The van der Waals surface area contributed by atoms with E-state index >= 15 is 0 Å². The van der Waals surface area contributed by atoms with E-state index in [0.29, 0.717) is 18.7 Å². The van der Waals surface area contributed by atoms with Crippen molar-refractivity contribution in [3.63, 3.8) is 0 Å². The summed E-state index contributed by atoms with van der Waals surface area (Å²) in [4.78, 5) is 23.8. The van der Waals surface area contributed by atoms with Gasteiger partial charge in [-0.15, -0.1) is 0 Å². The number of rotatable bonds is 6. The lowest BCUT2D eigenvalue weighted by molar-refractivity contribution is 0.0775. The van der Waals surface area contributed by atoms with E-state index in [1.54, 1.807) is 24.3 Å². The first-order valence-electron chi connectivity index (χ1n) is 9.46. The zero-order valence-corrected chi connectivity index (χ0v) is 16.2. The van der Waals surface area contributed by atoms with Crippen molar-refractivity contribution < 1.29 is 9.53 Å². The number of ether oxygens (including phenoxy) is 1. The predicted molar refractivity (Wildman–Crippen MR) is 114 cm³/mol. The van der Waals surface area contributed by atoms with Crippen LogP contribution in [0.25, 0.3) is 22.2 Å². The molecule has 2 heterocycles. The molecule has 29 heavy (non-hydrogen) atoms. The Morgan fingerprint density at radius 3 is 2.59 bits per heavy atom. The van der Waals surface area contributed by atoms with Gasteiger partial charge in [-0.3, -0.25) is 9.78 Å². The number of amides is 1. The van der Waals surface area contributed by atoms with E-state index in [2.05, 4.69) is 4.98 Å². The van der Waals surface area contributed by atoms with E-state index in [1.807, 2.05) is 72.8 Å². The Labute approximate surface area is 169 Å². The van der Waals surface area contributed by atoms with Crippen LogP contribution in [0.15, 0.2) is 85.2 Å². The van der Waals surface area contributed by atoms with Gasteiger partial charge in [-0.1, -0.05) is 36.4 Å². The summed E-state index contributed by atoms with van der Waals surface area (Å²) < 4.78 is 5.73. The van der Waals surface area contributed by atoms with Crippen LogP contribution in [-0.2, 0) is 0 Å². The van der Waals surface area contributed by atoms with E-state index in [1.165, 1.54) is 0 Å². The zero-order valence-electron chi connectivity index (χ0n) is 16.2. The standard InChI is InChI=1S/C24H21N3O2/c1-27(14-15-29-19-9-3-2-4-10-19)24(28)21-16-23(18-8-7-13-25-17-18)26-22-12-6-5-11-20(21)22/h2-13,16-17H,14-15H2,1H3. The maximum atomic E-state index is 13.2. The highest BCUT2D eigenvalue weighted by Crippen LogP contribution is 2.25. The fraction of sp³-hybridized carbons (Fsp3) is 0.125. The van der Waals surface area contributed by atoms with Gasteiger partial charge in [0.2, 0.25) is 0 Å². The summed E-state index contributed by atoms with van der Waals surface area (Å²) in [6.07, 6.45) is 3.47. The molecule has 0 saturated heterocycles. The molecule has 0 saturated carbocycles. The molecule has 144 valence electrons. The van der Waals surface area contributed by atoms with Crippen molar-refractivity contribution in [2.45, 2.75) is 0 Å². The molecular weight excluding hydrogens is 362 g/mol. The molecule has 0 aliphatic carbocycles. The Hall–Kier alpha value is -3.73. The molecule has 4 rings (SSSR count). The molecule has 0 fully saturated rings. The largest absolute Gasteiger partial charge is 0.492 e. The van der Waals surface area contributed by atoms with Gasteiger partial charge in [0.1, 0.15) is 12.4 Å². The molecule has 0 N–H and O–H groups in total. The van der Waals surface area contributed by atoms with E-state index < -0.39 is 0 Å². The zero-order chi connectivity index (χ0) is 20.1. The van der Waals surface area contributed by atoms with Crippen molar-refractivity contribution in [3.8, 4) is 17.0 Å². The minimum Gasteiger partial charge on any atom is -0.492 e. The monoisotopic (exact) mass is 383 g/mol. The number of pyridine rings is 2. The van der Waals surface area contributed by atoms with Crippen molar-refractivity contribution in [1.82, 2.24) is 14.9 Å². The smallest absolute Gasteiger partial charge is 0.254 e. The van der Waals surface area contributed by atoms with Crippen LogP contribution in [0, 0.1) is 0 Å². The molecule has 5 heteroatoms. The van der Waals surface area contributed by atoms with Crippen molar-refractivity contribution in [2.24, 2.45) is 0 Å². The minimum absolute atomic E-state index is 0.0644. The molecule has 2 aromatic carbocycles. The Balaban J connectivity index is 1.59. The SMILES string of the molecule is CN(CCOc1ccccc1)C(=O)c1cc(-c2cccnc2)nc2ccccc12. The lowest BCUT2D eigenvalue weighted by atomic mass is 10.0. The number of nitrogens with zero attached hydrogens (tertiary/aromatic N) is 3. The molecular formula is C24H21N3O2. The van der Waals surface area contributed by atoms with Crippen LogP contribution in [-0.4, -0.2) is 41.0 Å². The Kier molecular flexibility index (Phi) is 5.47. The first-order chi connectivity index (χ1) is 14.2. The Bertz CT molecular complexity index is 1110. The average Bonchev–Trinajstić information content (AvgIpc) is 2.79. The number of hydrogen-bond donors (Lipinski definition) is 0. The van der Waals surface area contributed by atoms with Crippen LogP contribution in [0.3, 0.4) is 0 Å². The number of aromatic nitrogens is 2. The van der Waals surface area contributed by atoms with Crippen LogP contribution < -0.4 is 4.74 Å². The number of hydrogen-bond acceptors (Lipinski definition) is 4. The first-order valence-corrected chi connectivity index (χ1v) is 9.46. The molecule has 0 spiro atoms. The number of likely N-dealkylation sites (N-methyl/N-ethyl adjacent to an activating group) is 1. The third kappa shape index (κ3) is 4.24. The lowest BCUT2D eigenvalue weighted by Crippen LogP contribution is -2.31. The summed E-state index contributed by atoms with van der Waals surface area (Å²) in [5.74, 6) is 0.729. The summed E-state index contributed by atoms with van der Waals surface area (Å²) in [7, 11) is 1.79. The van der Waals surface area contributed by atoms with Gasteiger partial charge < -0.3 is 9.64 Å². The molecule has 0 radical (unpaired) electrons. The number of carbonyl (C=O) groups is 1. The van der Waals surface area contributed by atoms with Gasteiger partial charge in [0, 0.05) is 30.4 Å². The topological polar surface area (TPSA) is 55.3 Å². The van der Waals surface area contributed by atoms with Gasteiger partial charge in [0.15, 0.2) is 0 Å². The lowest BCUT2D eigenvalue weighted by Gasteiger charge is -2.19. The highest BCUT2D eigenvalue weighted by atomic mass is 16.5. The molecule has 0 unspecified atom stereocenters. The highest BCUT2D eigenvalue weighted by molar-refractivity contribution is 6.07. The van der Waals surface area contributed by atoms with Crippen LogP contribution >= 0.6 is 0 Å². The Morgan fingerprint density at radius 2 is 1.79 bits per heavy atom. The molecule has 0 aliphatic rings. The third-order valence-corrected chi connectivity index (χ3v) is 4.69. The molecule has 1 amide bonds. The number of fused-ring (bicyclic) bond motifs is 1. The maximum Gasteiger partial charge on any atom is 0.254 e. The van der Waals surface area contributed by atoms with Crippen LogP contribution in [0.4, 0.5) is 0 Å². The Morgan fingerprint density at radius 1 is 1.00 bits per heavy atom. The van der Waals surface area contributed by atoms with Crippen LogP contribution in [0.5, 0.6) is 5.75 Å². The second-order valence-corrected chi connectivity index (χ2v) is 6.70. The van der Waals surface area contributed by atoms with Crippen molar-refractivity contribution in [3.05, 3.63) is 90.8 Å². The van der Waals surface area contributed by atoms with Gasteiger partial charge >= 0.3 is 0 Å². The van der Waals surface area contributed by atoms with Crippen LogP contribution in [0.1, 0.15) is 10.4 Å². The number of carbonyl (C=O) groups excluding carboxylic acids is 1. The van der Waals surface area contributed by atoms with Crippen molar-refractivity contribution in [2.75, 3.05) is 20.2 Å². The summed E-state index contributed by atoms with van der Waals surface area (Å²) in [6.45, 7) is 0.900. The first kappa shape index (κ1) is 18.6. The molecule has 4 aromatic rings. The van der Waals surface area contributed by atoms with Gasteiger partial charge in [-0.25, -0.2) is 4.98 Å². The van der Waals surface area contributed by atoms with E-state index in [0.717, 1.165) is 27.9 Å². The molecule has 2 aromatic heterocycles. The molecule has 5 nitrogen and oxygen atoms in total. The van der Waals surface area contributed by atoms with Gasteiger partial charge in [-0.05, 0) is 36.4 Å². The highest BCUT2D eigenvalue weighted by Gasteiger charge is 2.17. The fourth-order valence-electron chi connectivity index (χ4n) is 3.14. The van der Waals surface area contributed by atoms with E-state index in [-0.39, 0.29) is 5.91 Å². The summed E-state index contributed by atoms with van der Waals surface area (Å²) in [5.41, 5.74) is 3.01. The molecule has 0 atom stereocenters. The average molecular weight is 383 g/mol. The van der Waals surface area contributed by atoms with E-state index in [9.17, 15) is 4.79 Å². The predicted octanol–water partition coefficient (Wildman–Crippen LogP) is 4.45.